The molecule has 1 aromatic heterocycles. The van der Waals surface area contributed by atoms with Gasteiger partial charge in [0.15, 0.2) is 0 Å². The standard InChI is InChI=1S/C12H12N2O3/c1-7-13-6-10(14-7)12(16)9-4-3-8(17-2)5-11(9)15/h3-6,15H,1-2H3,(H,13,14). The van der Waals surface area contributed by atoms with Gasteiger partial charge >= 0.3 is 0 Å². The molecule has 0 saturated heterocycles. The predicted molar refractivity (Wildman–Crippen MR) is 61.4 cm³/mol. The van der Waals surface area contributed by atoms with Gasteiger partial charge in [-0.25, -0.2) is 4.98 Å². The molecule has 17 heavy (non-hydrogen) atoms. The summed E-state index contributed by atoms with van der Waals surface area (Å²) in [7, 11) is 1.49. The molecule has 0 aliphatic carbocycles. The lowest BCUT2D eigenvalue weighted by atomic mass is 10.1. The summed E-state index contributed by atoms with van der Waals surface area (Å²) in [6.45, 7) is 1.75. The van der Waals surface area contributed by atoms with Crippen LogP contribution in [-0.4, -0.2) is 28.0 Å². The Morgan fingerprint density at radius 3 is 2.76 bits per heavy atom. The lowest BCUT2D eigenvalue weighted by Gasteiger charge is -2.04. The first kappa shape index (κ1) is 11.2. The van der Waals surface area contributed by atoms with E-state index in [0.717, 1.165) is 0 Å². The van der Waals surface area contributed by atoms with E-state index in [1.165, 1.54) is 25.4 Å². The minimum absolute atomic E-state index is 0.110. The molecule has 0 fully saturated rings. The second-order valence-electron chi connectivity index (χ2n) is 3.59. The van der Waals surface area contributed by atoms with Crippen molar-refractivity contribution in [1.82, 2.24) is 9.97 Å². The summed E-state index contributed by atoms with van der Waals surface area (Å²) in [5.41, 5.74) is 0.567. The second kappa shape index (κ2) is 4.29. The molecule has 0 amide bonds. The molecule has 0 saturated carbocycles. The first-order valence-electron chi connectivity index (χ1n) is 5.05. The molecule has 5 heteroatoms. The van der Waals surface area contributed by atoms with E-state index in [-0.39, 0.29) is 17.1 Å². The van der Waals surface area contributed by atoms with Crippen molar-refractivity contribution in [2.24, 2.45) is 0 Å². The summed E-state index contributed by atoms with van der Waals surface area (Å²) in [6.07, 6.45) is 1.45. The van der Waals surface area contributed by atoms with Crippen molar-refractivity contribution in [2.45, 2.75) is 6.92 Å². The molecule has 0 atom stereocenters. The smallest absolute Gasteiger partial charge is 0.214 e. The average Bonchev–Trinajstić information content (AvgIpc) is 2.75. The van der Waals surface area contributed by atoms with Crippen molar-refractivity contribution >= 4 is 5.78 Å². The molecule has 0 aliphatic rings. The molecule has 0 radical (unpaired) electrons. The summed E-state index contributed by atoms with van der Waals surface area (Å²) < 4.78 is 4.95. The highest BCUT2D eigenvalue weighted by Gasteiger charge is 2.15. The van der Waals surface area contributed by atoms with Gasteiger partial charge in [0, 0.05) is 6.07 Å². The van der Waals surface area contributed by atoms with E-state index in [2.05, 4.69) is 9.97 Å². The van der Waals surface area contributed by atoms with E-state index in [1.54, 1.807) is 13.0 Å². The van der Waals surface area contributed by atoms with Crippen LogP contribution < -0.4 is 4.74 Å². The van der Waals surface area contributed by atoms with Gasteiger partial charge in [0.1, 0.15) is 23.0 Å². The largest absolute Gasteiger partial charge is 0.507 e. The SMILES string of the molecule is COc1ccc(C(=O)c2cnc(C)[nH]2)c(O)c1. The number of phenols is 1. The van der Waals surface area contributed by atoms with Gasteiger partial charge in [-0.05, 0) is 19.1 Å². The van der Waals surface area contributed by atoms with Crippen molar-refractivity contribution in [3.05, 3.63) is 41.5 Å². The van der Waals surface area contributed by atoms with E-state index < -0.39 is 0 Å². The first-order chi connectivity index (χ1) is 8.11. The van der Waals surface area contributed by atoms with E-state index in [1.807, 2.05) is 0 Å². The van der Waals surface area contributed by atoms with Crippen molar-refractivity contribution < 1.29 is 14.6 Å². The molecule has 0 bridgehead atoms. The van der Waals surface area contributed by atoms with Crippen LogP contribution in [0.25, 0.3) is 0 Å². The van der Waals surface area contributed by atoms with Crippen LogP contribution in [0.1, 0.15) is 21.9 Å². The van der Waals surface area contributed by atoms with Crippen LogP contribution in [0.2, 0.25) is 0 Å². The van der Waals surface area contributed by atoms with E-state index in [4.69, 9.17) is 4.74 Å². The fraction of sp³-hybridized carbons (Fsp3) is 0.167. The Labute approximate surface area is 98.1 Å². The van der Waals surface area contributed by atoms with Crippen LogP contribution in [0.4, 0.5) is 0 Å². The third kappa shape index (κ3) is 2.13. The molecule has 0 aliphatic heterocycles. The molecule has 5 nitrogen and oxygen atoms in total. The normalized spacial score (nSPS) is 10.2. The molecular weight excluding hydrogens is 220 g/mol. The Hall–Kier alpha value is -2.30. The number of ether oxygens (including phenoxy) is 1. The second-order valence-corrected chi connectivity index (χ2v) is 3.59. The quantitative estimate of drug-likeness (QED) is 0.789. The zero-order valence-corrected chi connectivity index (χ0v) is 9.52. The fourth-order valence-electron chi connectivity index (χ4n) is 1.51. The Morgan fingerprint density at radius 1 is 1.47 bits per heavy atom. The number of imidazole rings is 1. The number of carbonyl (C=O) groups is 1. The molecule has 1 heterocycles. The number of carbonyl (C=O) groups excluding carboxylic acids is 1. The first-order valence-corrected chi connectivity index (χ1v) is 5.05. The summed E-state index contributed by atoms with van der Waals surface area (Å²) in [5, 5.41) is 9.73. The number of hydrogen-bond acceptors (Lipinski definition) is 4. The minimum Gasteiger partial charge on any atom is -0.507 e. The van der Waals surface area contributed by atoms with Gasteiger partial charge in [0.25, 0.3) is 0 Å². The third-order valence-electron chi connectivity index (χ3n) is 2.40. The van der Waals surface area contributed by atoms with E-state index in [0.29, 0.717) is 17.3 Å². The molecular formula is C12H12N2O3. The topological polar surface area (TPSA) is 75.2 Å². The van der Waals surface area contributed by atoms with Gasteiger partial charge in [0.05, 0.1) is 18.9 Å². The maximum Gasteiger partial charge on any atom is 0.214 e. The number of rotatable bonds is 3. The van der Waals surface area contributed by atoms with Gasteiger partial charge in [-0.1, -0.05) is 0 Å². The molecule has 2 aromatic rings. The van der Waals surface area contributed by atoms with Crippen LogP contribution in [0.3, 0.4) is 0 Å². The van der Waals surface area contributed by atoms with Crippen molar-refractivity contribution in [2.75, 3.05) is 7.11 Å². The van der Waals surface area contributed by atoms with Crippen molar-refractivity contribution in [3.8, 4) is 11.5 Å². The van der Waals surface area contributed by atoms with E-state index in [9.17, 15) is 9.90 Å². The predicted octanol–water partition coefficient (Wildman–Crippen LogP) is 1.66. The number of aromatic hydroxyl groups is 1. The molecule has 1 aromatic carbocycles. The lowest BCUT2D eigenvalue weighted by molar-refractivity contribution is 0.103. The van der Waals surface area contributed by atoms with Gasteiger partial charge in [-0.15, -0.1) is 0 Å². The molecule has 0 spiro atoms. The number of aromatic amines is 1. The van der Waals surface area contributed by atoms with Gasteiger partial charge in [0.2, 0.25) is 5.78 Å². The van der Waals surface area contributed by atoms with Crippen LogP contribution in [0, 0.1) is 6.92 Å². The van der Waals surface area contributed by atoms with Crippen LogP contribution >= 0.6 is 0 Å². The summed E-state index contributed by atoms with van der Waals surface area (Å²) in [5.74, 6) is 0.744. The average molecular weight is 232 g/mol. The monoisotopic (exact) mass is 232 g/mol. The molecule has 2 N–H and O–H groups in total. The third-order valence-corrected chi connectivity index (χ3v) is 2.40. The number of phenolic OH excluding ortho intramolecular Hbond substituents is 1. The Morgan fingerprint density at radius 2 is 2.24 bits per heavy atom. The fourth-order valence-corrected chi connectivity index (χ4v) is 1.51. The van der Waals surface area contributed by atoms with Gasteiger partial charge < -0.3 is 14.8 Å². The van der Waals surface area contributed by atoms with Gasteiger partial charge in [-0.3, -0.25) is 4.79 Å². The Bertz CT molecular complexity index is 561. The summed E-state index contributed by atoms with van der Waals surface area (Å²) in [4.78, 5) is 18.8. The highest BCUT2D eigenvalue weighted by Crippen LogP contribution is 2.25. The maximum absolute atomic E-state index is 12.0. The number of benzene rings is 1. The highest BCUT2D eigenvalue weighted by molar-refractivity contribution is 6.09. The molecule has 0 unspecified atom stereocenters. The number of H-pyrrole nitrogens is 1. The lowest BCUT2D eigenvalue weighted by Crippen LogP contribution is -2.02. The van der Waals surface area contributed by atoms with Crippen LogP contribution in [0.15, 0.2) is 24.4 Å². The number of ketones is 1. The number of nitrogens with one attached hydrogen (secondary N) is 1. The summed E-state index contributed by atoms with van der Waals surface area (Å²) in [6, 6.07) is 4.54. The summed E-state index contributed by atoms with van der Waals surface area (Å²) >= 11 is 0. The molecule has 2 rings (SSSR count). The van der Waals surface area contributed by atoms with Crippen molar-refractivity contribution in [3.63, 3.8) is 0 Å². The molecule has 88 valence electrons. The number of aryl methyl sites for hydroxylation is 1. The number of hydrogen-bond donors (Lipinski definition) is 2. The maximum atomic E-state index is 12.0. The number of nitrogens with zero attached hydrogens (tertiary/aromatic N) is 1. The number of methoxy groups -OCH3 is 1. The van der Waals surface area contributed by atoms with E-state index >= 15 is 0 Å². The number of aromatic nitrogens is 2. The van der Waals surface area contributed by atoms with Crippen LogP contribution in [-0.2, 0) is 0 Å². The Balaban J connectivity index is 2.37. The zero-order valence-electron chi connectivity index (χ0n) is 9.52. The Kier molecular flexibility index (Phi) is 2.82. The van der Waals surface area contributed by atoms with Crippen LogP contribution in [0.5, 0.6) is 11.5 Å². The van der Waals surface area contributed by atoms with Gasteiger partial charge in [-0.2, -0.15) is 0 Å². The highest BCUT2D eigenvalue weighted by atomic mass is 16.5. The zero-order chi connectivity index (χ0) is 12.4. The van der Waals surface area contributed by atoms with Crippen molar-refractivity contribution in [1.29, 1.82) is 0 Å². The minimum atomic E-state index is -0.300.